The summed E-state index contributed by atoms with van der Waals surface area (Å²) in [5, 5.41) is 0.596. The molecule has 2 aromatic carbocycles. The molecule has 9 nitrogen and oxygen atoms in total. The van der Waals surface area contributed by atoms with E-state index in [9.17, 15) is 13.2 Å². The summed E-state index contributed by atoms with van der Waals surface area (Å²) in [6, 6.07) is 12.0. The summed E-state index contributed by atoms with van der Waals surface area (Å²) < 4.78 is 45.4. The van der Waals surface area contributed by atoms with E-state index in [4.69, 9.17) is 19.2 Å². The number of sulfonamides is 1. The Hall–Kier alpha value is -2.73. The number of fused-ring (bicyclic) bond motifs is 1. The molecule has 0 aliphatic carbocycles. The molecular weight excluding hydrogens is 514 g/mol. The second-order valence-corrected chi connectivity index (χ2v) is 12.2. The zero-order valence-corrected chi connectivity index (χ0v) is 22.6. The molecule has 2 atom stereocenters. The number of ether oxygens (including phenoxy) is 3. The smallest absolute Gasteiger partial charge is 0.243 e. The lowest BCUT2D eigenvalue weighted by Gasteiger charge is -2.34. The summed E-state index contributed by atoms with van der Waals surface area (Å²) in [4.78, 5) is 20.6. The summed E-state index contributed by atoms with van der Waals surface area (Å²) in [7, 11) is -0.586. The fourth-order valence-electron chi connectivity index (χ4n) is 4.87. The maximum absolute atomic E-state index is 14.0. The minimum Gasteiger partial charge on any atom is -0.497 e. The fourth-order valence-corrected chi connectivity index (χ4v) is 7.40. The lowest BCUT2D eigenvalue weighted by atomic mass is 9.98. The number of anilines is 1. The Balaban J connectivity index is 1.40. The molecule has 1 aromatic heterocycles. The van der Waals surface area contributed by atoms with Crippen molar-refractivity contribution in [2.24, 2.45) is 5.92 Å². The molecule has 11 heteroatoms. The van der Waals surface area contributed by atoms with Crippen LogP contribution in [0.5, 0.6) is 11.5 Å². The topological polar surface area (TPSA) is 98.3 Å². The third kappa shape index (κ3) is 5.45. The minimum absolute atomic E-state index is 0.0618. The molecule has 0 N–H and O–H groups in total. The van der Waals surface area contributed by atoms with Crippen LogP contribution in [0.4, 0.5) is 5.13 Å². The summed E-state index contributed by atoms with van der Waals surface area (Å²) in [6.07, 6.45) is 3.00. The van der Waals surface area contributed by atoms with Crippen molar-refractivity contribution in [2.45, 2.75) is 36.7 Å². The second-order valence-electron chi connectivity index (χ2n) is 9.29. The molecule has 2 fully saturated rings. The number of aromatic nitrogens is 1. The van der Waals surface area contributed by atoms with Crippen molar-refractivity contribution in [3.05, 3.63) is 42.5 Å². The van der Waals surface area contributed by atoms with Gasteiger partial charge in [0.1, 0.15) is 11.5 Å². The number of hydrogen-bond acceptors (Lipinski definition) is 8. The normalized spacial score (nSPS) is 20.7. The molecule has 1 amide bonds. The molecule has 3 aromatic rings. The maximum Gasteiger partial charge on any atom is 0.243 e. The number of carbonyl (C=O) groups excluding carboxylic acids is 1. The van der Waals surface area contributed by atoms with E-state index in [1.807, 2.05) is 18.2 Å². The highest BCUT2D eigenvalue weighted by atomic mass is 32.2. The molecule has 198 valence electrons. The lowest BCUT2D eigenvalue weighted by Crippen LogP contribution is -2.48. The SMILES string of the molecule is COc1ccc(S(=O)(=O)N2CCCC(C(=O)N(CC3CCCO3)c3nc4ccc(OC)cc4s3)C2)cc1. The monoisotopic (exact) mass is 545 g/mol. The van der Waals surface area contributed by atoms with Gasteiger partial charge in [0.15, 0.2) is 5.13 Å². The minimum atomic E-state index is -3.74. The molecule has 2 saturated heterocycles. The molecule has 2 aliphatic rings. The van der Waals surface area contributed by atoms with E-state index < -0.39 is 15.9 Å². The van der Waals surface area contributed by atoms with Gasteiger partial charge in [-0.3, -0.25) is 9.69 Å². The van der Waals surface area contributed by atoms with Crippen molar-refractivity contribution in [1.82, 2.24) is 9.29 Å². The average molecular weight is 546 g/mol. The third-order valence-electron chi connectivity index (χ3n) is 6.92. The van der Waals surface area contributed by atoms with Gasteiger partial charge in [-0.25, -0.2) is 13.4 Å². The second kappa shape index (κ2) is 10.9. The van der Waals surface area contributed by atoms with Crippen LogP contribution < -0.4 is 14.4 Å². The maximum atomic E-state index is 14.0. The first-order valence-corrected chi connectivity index (χ1v) is 14.7. The number of amides is 1. The molecule has 3 heterocycles. The van der Waals surface area contributed by atoms with Gasteiger partial charge in [0, 0.05) is 19.7 Å². The van der Waals surface area contributed by atoms with Crippen LogP contribution in [0.3, 0.4) is 0 Å². The summed E-state index contributed by atoms with van der Waals surface area (Å²) in [5.74, 6) is 0.733. The number of nitrogens with zero attached hydrogens (tertiary/aromatic N) is 3. The highest BCUT2D eigenvalue weighted by molar-refractivity contribution is 7.89. The Morgan fingerprint density at radius 1 is 1.11 bits per heavy atom. The Morgan fingerprint density at radius 3 is 2.57 bits per heavy atom. The Kier molecular flexibility index (Phi) is 7.66. The van der Waals surface area contributed by atoms with E-state index in [1.165, 1.54) is 22.8 Å². The number of hydrogen-bond donors (Lipinski definition) is 0. The van der Waals surface area contributed by atoms with Crippen molar-refractivity contribution in [3.8, 4) is 11.5 Å². The lowest BCUT2D eigenvalue weighted by molar-refractivity contribution is -0.123. The molecule has 0 radical (unpaired) electrons. The molecule has 0 bridgehead atoms. The Bertz CT molecular complexity index is 1350. The first kappa shape index (κ1) is 25.9. The predicted molar refractivity (Wildman–Crippen MR) is 142 cm³/mol. The number of piperidine rings is 1. The number of benzene rings is 2. The van der Waals surface area contributed by atoms with Crippen LogP contribution in [0.25, 0.3) is 10.2 Å². The molecule has 5 rings (SSSR count). The summed E-state index contributed by atoms with van der Waals surface area (Å²) >= 11 is 1.43. The van der Waals surface area contributed by atoms with Crippen molar-refractivity contribution in [3.63, 3.8) is 0 Å². The largest absolute Gasteiger partial charge is 0.497 e. The van der Waals surface area contributed by atoms with Crippen LogP contribution >= 0.6 is 11.3 Å². The predicted octanol–water partition coefficient (Wildman–Crippen LogP) is 3.93. The molecule has 2 aliphatic heterocycles. The average Bonchev–Trinajstić information content (AvgIpc) is 3.60. The van der Waals surface area contributed by atoms with Gasteiger partial charge in [-0.05, 0) is 68.1 Å². The van der Waals surface area contributed by atoms with Crippen molar-refractivity contribution < 1.29 is 27.4 Å². The fraction of sp³-hybridized carbons (Fsp3) is 0.462. The number of methoxy groups -OCH3 is 2. The van der Waals surface area contributed by atoms with Crippen LogP contribution in [-0.4, -0.2) is 70.2 Å². The van der Waals surface area contributed by atoms with Gasteiger partial charge in [-0.2, -0.15) is 4.31 Å². The van der Waals surface area contributed by atoms with E-state index in [-0.39, 0.29) is 23.5 Å². The highest BCUT2D eigenvalue weighted by Crippen LogP contribution is 2.34. The number of carbonyl (C=O) groups is 1. The van der Waals surface area contributed by atoms with Crippen LogP contribution in [0.15, 0.2) is 47.4 Å². The van der Waals surface area contributed by atoms with Gasteiger partial charge in [-0.15, -0.1) is 0 Å². The molecular formula is C26H31N3O6S2. The van der Waals surface area contributed by atoms with Crippen LogP contribution in [0, 0.1) is 5.92 Å². The first-order chi connectivity index (χ1) is 17.9. The van der Waals surface area contributed by atoms with Crippen LogP contribution in [0.1, 0.15) is 25.7 Å². The molecule has 0 saturated carbocycles. The standard InChI is InChI=1S/C26H31N3O6S2/c1-33-19-7-10-22(11-8-19)37(31,32)28-13-3-5-18(16-28)25(30)29(17-21-6-4-14-35-21)26-27-23-12-9-20(34-2)15-24(23)36-26/h7-12,15,18,21H,3-6,13-14,16-17H2,1-2H3. The van der Waals surface area contributed by atoms with Crippen molar-refractivity contribution in [2.75, 3.05) is 45.4 Å². The summed E-state index contributed by atoms with van der Waals surface area (Å²) in [5.41, 5.74) is 0.790. The first-order valence-electron chi connectivity index (χ1n) is 12.4. The molecule has 2 unspecified atom stereocenters. The highest BCUT2D eigenvalue weighted by Gasteiger charge is 2.37. The van der Waals surface area contributed by atoms with Gasteiger partial charge in [0.25, 0.3) is 0 Å². The van der Waals surface area contributed by atoms with E-state index in [0.29, 0.717) is 43.4 Å². The number of rotatable bonds is 8. The zero-order chi connectivity index (χ0) is 26.0. The van der Waals surface area contributed by atoms with E-state index in [0.717, 1.165) is 28.8 Å². The quantitative estimate of drug-likeness (QED) is 0.423. The third-order valence-corrected chi connectivity index (χ3v) is 9.84. The van der Waals surface area contributed by atoms with Gasteiger partial charge < -0.3 is 14.2 Å². The van der Waals surface area contributed by atoms with Crippen molar-refractivity contribution in [1.29, 1.82) is 0 Å². The Labute approximate surface area is 221 Å². The molecule has 37 heavy (non-hydrogen) atoms. The zero-order valence-electron chi connectivity index (χ0n) is 21.0. The van der Waals surface area contributed by atoms with Gasteiger partial charge >= 0.3 is 0 Å². The Morgan fingerprint density at radius 2 is 1.86 bits per heavy atom. The van der Waals surface area contributed by atoms with E-state index >= 15 is 0 Å². The van der Waals surface area contributed by atoms with Gasteiger partial charge in [0.05, 0.1) is 47.9 Å². The van der Waals surface area contributed by atoms with Gasteiger partial charge in [-0.1, -0.05) is 11.3 Å². The van der Waals surface area contributed by atoms with Crippen LogP contribution in [-0.2, 0) is 19.6 Å². The van der Waals surface area contributed by atoms with E-state index in [1.54, 1.807) is 36.3 Å². The summed E-state index contributed by atoms with van der Waals surface area (Å²) in [6.45, 7) is 1.59. The van der Waals surface area contributed by atoms with Crippen molar-refractivity contribution >= 4 is 42.6 Å². The van der Waals surface area contributed by atoms with Gasteiger partial charge in [0.2, 0.25) is 15.9 Å². The van der Waals surface area contributed by atoms with Crippen LogP contribution in [0.2, 0.25) is 0 Å². The van der Waals surface area contributed by atoms with E-state index in [2.05, 4.69) is 0 Å². The molecule has 0 spiro atoms. The number of thiazole rings is 1.